The largest absolute Gasteiger partial charge is 0.507 e. The first-order chi connectivity index (χ1) is 19.9. The monoisotopic (exact) mass is 572 g/mol. The molecule has 0 aliphatic heterocycles. The molecule has 0 atom stereocenters. The number of carbonyl (C=O) groups excluding carboxylic acids is 3. The van der Waals surface area contributed by atoms with Crippen LogP contribution in [0.25, 0.3) is 11.1 Å². The van der Waals surface area contributed by atoms with E-state index in [-0.39, 0.29) is 47.3 Å². The Balaban J connectivity index is 1.76. The summed E-state index contributed by atoms with van der Waals surface area (Å²) in [6.07, 6.45) is 5.83. The van der Waals surface area contributed by atoms with Crippen LogP contribution in [0.3, 0.4) is 0 Å². The van der Waals surface area contributed by atoms with Gasteiger partial charge in [-0.3, -0.25) is 14.4 Å². The molecule has 2 aliphatic carbocycles. The number of ether oxygens (including phenoxy) is 1. The number of rotatable bonds is 6. The van der Waals surface area contributed by atoms with Crippen LogP contribution in [0.1, 0.15) is 65.8 Å². The zero-order valence-electron chi connectivity index (χ0n) is 22.3. The summed E-state index contributed by atoms with van der Waals surface area (Å²) in [5.41, 5.74) is -3.31. The fourth-order valence-corrected chi connectivity index (χ4v) is 5.64. The molecule has 0 bridgehead atoms. The second kappa shape index (κ2) is 10.1. The number of aromatic carboxylic acids is 1. The Kier molecular flexibility index (Phi) is 6.73. The van der Waals surface area contributed by atoms with Gasteiger partial charge in [-0.2, -0.15) is 0 Å². The highest BCUT2D eigenvalue weighted by Gasteiger charge is 2.43. The number of aryl methyl sites for hydroxylation is 1. The highest BCUT2D eigenvalue weighted by molar-refractivity contribution is 6.33. The van der Waals surface area contributed by atoms with Crippen LogP contribution in [-0.2, 0) is 24.1 Å². The molecule has 11 heteroatoms. The number of carboxylic acid groups (broad SMARTS) is 1. The van der Waals surface area contributed by atoms with E-state index in [1.165, 1.54) is 25.3 Å². The van der Waals surface area contributed by atoms with Crippen LogP contribution < -0.4 is 4.74 Å². The Bertz CT molecular complexity index is 1830. The van der Waals surface area contributed by atoms with E-state index in [1.807, 2.05) is 0 Å². The van der Waals surface area contributed by atoms with Crippen molar-refractivity contribution in [3.8, 4) is 45.6 Å². The predicted octanol–water partition coefficient (Wildman–Crippen LogP) is 3.71. The van der Waals surface area contributed by atoms with E-state index in [2.05, 4.69) is 0 Å². The van der Waals surface area contributed by atoms with E-state index < -0.39 is 79.9 Å². The molecule has 3 aromatic rings. The first kappa shape index (κ1) is 28.0. The number of ketones is 3. The maximum Gasteiger partial charge on any atom is 0.339 e. The molecule has 0 spiro atoms. The highest BCUT2D eigenvalue weighted by Crippen LogP contribution is 2.55. The number of methoxy groups -OCH3 is 1. The van der Waals surface area contributed by atoms with Crippen molar-refractivity contribution >= 4 is 23.3 Å². The van der Waals surface area contributed by atoms with Crippen molar-refractivity contribution in [1.29, 1.82) is 0 Å². The van der Waals surface area contributed by atoms with Crippen LogP contribution in [0.15, 0.2) is 36.4 Å². The minimum absolute atomic E-state index is 0.000874. The smallest absolute Gasteiger partial charge is 0.339 e. The van der Waals surface area contributed by atoms with Crippen LogP contribution in [0.2, 0.25) is 0 Å². The van der Waals surface area contributed by atoms with E-state index in [1.54, 1.807) is 19.1 Å². The van der Waals surface area contributed by atoms with Gasteiger partial charge in [0.25, 0.3) is 0 Å². The third-order valence-electron chi connectivity index (χ3n) is 7.44. The Hall–Kier alpha value is -5.58. The maximum absolute atomic E-state index is 13.6. The molecule has 2 aliphatic rings. The Morgan fingerprint density at radius 1 is 0.810 bits per heavy atom. The van der Waals surface area contributed by atoms with Gasteiger partial charge in [-0.25, -0.2) is 4.79 Å². The van der Waals surface area contributed by atoms with Crippen molar-refractivity contribution in [2.45, 2.75) is 26.2 Å². The SMILES string of the molecule is CC=CC=CC(=O)Cc1cc2c(c(O)c1C(=O)O)-c1c(O)c3c(c(O)c1CC2)C(=O)c1c(O)c(OC)cc(O)c1C3=O. The molecule has 0 radical (unpaired) electrons. The molecule has 0 heterocycles. The minimum Gasteiger partial charge on any atom is -0.507 e. The van der Waals surface area contributed by atoms with Gasteiger partial charge in [0.1, 0.15) is 28.6 Å². The number of carboxylic acids is 1. The third-order valence-corrected chi connectivity index (χ3v) is 7.44. The van der Waals surface area contributed by atoms with E-state index in [0.29, 0.717) is 5.56 Å². The molecule has 3 aromatic carbocycles. The molecule has 6 N–H and O–H groups in total. The first-order valence-corrected chi connectivity index (χ1v) is 12.7. The molecule has 214 valence electrons. The first-order valence-electron chi connectivity index (χ1n) is 12.7. The molecule has 42 heavy (non-hydrogen) atoms. The zero-order valence-corrected chi connectivity index (χ0v) is 22.3. The van der Waals surface area contributed by atoms with Crippen molar-refractivity contribution in [1.82, 2.24) is 0 Å². The second-order valence-corrected chi connectivity index (χ2v) is 9.78. The molecule has 0 saturated carbocycles. The van der Waals surface area contributed by atoms with Crippen LogP contribution in [0.5, 0.6) is 34.5 Å². The van der Waals surface area contributed by atoms with E-state index >= 15 is 0 Å². The number of carbonyl (C=O) groups is 4. The van der Waals surface area contributed by atoms with Crippen molar-refractivity contribution in [3.63, 3.8) is 0 Å². The number of benzene rings is 3. The number of phenolic OH excluding ortho intramolecular Hbond substituents is 4. The fourth-order valence-electron chi connectivity index (χ4n) is 5.64. The van der Waals surface area contributed by atoms with Gasteiger partial charge in [-0.1, -0.05) is 24.3 Å². The Labute approximate surface area is 237 Å². The maximum atomic E-state index is 13.6. The fraction of sp³-hybridized carbons (Fsp3) is 0.161. The summed E-state index contributed by atoms with van der Waals surface area (Å²) in [5, 5.41) is 65.0. The lowest BCUT2D eigenvalue weighted by atomic mass is 9.74. The van der Waals surface area contributed by atoms with Gasteiger partial charge < -0.3 is 35.4 Å². The zero-order chi connectivity index (χ0) is 30.6. The van der Waals surface area contributed by atoms with Gasteiger partial charge in [0, 0.05) is 29.2 Å². The van der Waals surface area contributed by atoms with E-state index in [4.69, 9.17) is 4.74 Å². The summed E-state index contributed by atoms with van der Waals surface area (Å²) in [4.78, 5) is 51.9. The van der Waals surface area contributed by atoms with Crippen LogP contribution in [0, 0.1) is 0 Å². The Morgan fingerprint density at radius 2 is 1.45 bits per heavy atom. The molecule has 0 amide bonds. The molecule has 11 nitrogen and oxygen atoms in total. The molecule has 5 rings (SSSR count). The van der Waals surface area contributed by atoms with Gasteiger partial charge in [-0.15, -0.1) is 0 Å². The van der Waals surface area contributed by atoms with Crippen LogP contribution in [-0.4, -0.2) is 61.1 Å². The summed E-state index contributed by atoms with van der Waals surface area (Å²) in [5.74, 6) is -8.27. The highest BCUT2D eigenvalue weighted by atomic mass is 16.5. The van der Waals surface area contributed by atoms with Gasteiger partial charge >= 0.3 is 5.97 Å². The molecule has 0 aromatic heterocycles. The molecule has 0 unspecified atom stereocenters. The van der Waals surface area contributed by atoms with Crippen molar-refractivity contribution in [3.05, 3.63) is 80.9 Å². The van der Waals surface area contributed by atoms with Crippen LogP contribution >= 0.6 is 0 Å². The summed E-state index contributed by atoms with van der Waals surface area (Å²) < 4.78 is 4.96. The molecular weight excluding hydrogens is 548 g/mol. The summed E-state index contributed by atoms with van der Waals surface area (Å²) in [6, 6.07) is 2.33. The van der Waals surface area contributed by atoms with Gasteiger partial charge in [0.2, 0.25) is 11.6 Å². The number of hydrogen-bond acceptors (Lipinski definition) is 10. The predicted molar refractivity (Wildman–Crippen MR) is 147 cm³/mol. The molecule has 0 saturated heterocycles. The van der Waals surface area contributed by atoms with Gasteiger partial charge in [0.15, 0.2) is 17.3 Å². The van der Waals surface area contributed by atoms with Crippen molar-refractivity contribution in [2.24, 2.45) is 0 Å². The summed E-state index contributed by atoms with van der Waals surface area (Å²) in [7, 11) is 1.17. The normalized spacial score (nSPS) is 13.6. The molecular formula is C31H24O11. The molecule has 0 fully saturated rings. The van der Waals surface area contributed by atoms with Crippen molar-refractivity contribution < 1.29 is 54.6 Å². The Morgan fingerprint density at radius 3 is 2.10 bits per heavy atom. The second-order valence-electron chi connectivity index (χ2n) is 9.78. The lowest BCUT2D eigenvalue weighted by Gasteiger charge is -2.29. The van der Waals surface area contributed by atoms with Gasteiger partial charge in [0.05, 0.1) is 29.4 Å². The summed E-state index contributed by atoms with van der Waals surface area (Å²) in [6.45, 7) is 1.76. The lowest BCUT2D eigenvalue weighted by molar-refractivity contribution is -0.114. The van der Waals surface area contributed by atoms with Crippen molar-refractivity contribution in [2.75, 3.05) is 7.11 Å². The number of fused-ring (bicyclic) bond motifs is 5. The van der Waals surface area contributed by atoms with E-state index in [9.17, 15) is 49.8 Å². The number of hydrogen-bond donors (Lipinski definition) is 6. The van der Waals surface area contributed by atoms with Gasteiger partial charge in [-0.05, 0) is 37.0 Å². The third kappa shape index (κ3) is 3.97. The number of phenols is 5. The quantitative estimate of drug-likeness (QED) is 0.112. The number of allylic oxidation sites excluding steroid dienone is 4. The topological polar surface area (TPSA) is 199 Å². The minimum atomic E-state index is -1.56. The average Bonchev–Trinajstić information content (AvgIpc) is 2.93. The summed E-state index contributed by atoms with van der Waals surface area (Å²) >= 11 is 0. The standard InChI is InChI=1S/C31H24O11/c1-3-4-5-6-14(32)10-13-9-12-7-8-15-20(18(12)27(36)19(13)31(40)41)28(37)24-23(25(15)34)30(39)22-21(29(24)38)16(33)11-17(42-2)26(22)35/h3-6,9,11,33-37H,7-8,10H2,1-2H3,(H,40,41). The van der Waals surface area contributed by atoms with E-state index in [0.717, 1.165) is 6.07 Å². The van der Waals surface area contributed by atoms with Crippen LogP contribution in [0.4, 0.5) is 0 Å². The average molecular weight is 573 g/mol. The lowest BCUT2D eigenvalue weighted by Crippen LogP contribution is -2.23. The number of aromatic hydroxyl groups is 5.